The van der Waals surface area contributed by atoms with Crippen LogP contribution in [-0.4, -0.2) is 4.92 Å². The molecule has 0 atom stereocenters. The van der Waals surface area contributed by atoms with Crippen molar-refractivity contribution < 1.29 is 13.7 Å². The fourth-order valence-electron chi connectivity index (χ4n) is 1.61. The zero-order valence-electron chi connectivity index (χ0n) is 10.2. The number of halogens is 2. The summed E-state index contributed by atoms with van der Waals surface area (Å²) in [6, 6.07) is 8.13. The molecule has 0 amide bonds. The number of hydrogen-bond acceptors (Lipinski definition) is 4. The molecule has 0 unspecified atom stereocenters. The average molecular weight is 296 g/mol. The number of thioether (sulfide) groups is 1. The first kappa shape index (κ1) is 14.3. The first-order valence-electron chi connectivity index (χ1n) is 5.58. The smallest absolute Gasteiger partial charge is 0.305 e. The molecular formula is C13H10F2N2O2S. The molecule has 104 valence electrons. The van der Waals surface area contributed by atoms with Crippen LogP contribution in [0.5, 0.6) is 0 Å². The van der Waals surface area contributed by atoms with Crippen molar-refractivity contribution in [1.82, 2.24) is 0 Å². The molecule has 0 heterocycles. The van der Waals surface area contributed by atoms with E-state index < -0.39 is 22.2 Å². The molecule has 0 aromatic heterocycles. The first-order valence-corrected chi connectivity index (χ1v) is 6.57. The lowest BCUT2D eigenvalue weighted by Crippen LogP contribution is -1.96. The highest BCUT2D eigenvalue weighted by Gasteiger charge is 2.17. The van der Waals surface area contributed by atoms with Gasteiger partial charge in [-0.3, -0.25) is 10.1 Å². The van der Waals surface area contributed by atoms with E-state index in [1.807, 2.05) is 0 Å². The zero-order chi connectivity index (χ0) is 14.7. The first-order chi connectivity index (χ1) is 9.49. The number of anilines is 1. The van der Waals surface area contributed by atoms with Gasteiger partial charge in [0.15, 0.2) is 0 Å². The Balaban J connectivity index is 2.19. The molecule has 0 radical (unpaired) electrons. The predicted molar refractivity (Wildman–Crippen MR) is 73.4 cm³/mol. The molecule has 0 aliphatic heterocycles. The van der Waals surface area contributed by atoms with Gasteiger partial charge in [0.1, 0.15) is 5.82 Å². The van der Waals surface area contributed by atoms with Crippen LogP contribution in [0.1, 0.15) is 5.56 Å². The van der Waals surface area contributed by atoms with Gasteiger partial charge >= 0.3 is 5.69 Å². The minimum atomic E-state index is -0.888. The molecular weight excluding hydrogens is 286 g/mol. The van der Waals surface area contributed by atoms with Crippen molar-refractivity contribution in [2.45, 2.75) is 10.6 Å². The van der Waals surface area contributed by atoms with Crippen molar-refractivity contribution in [2.24, 2.45) is 0 Å². The lowest BCUT2D eigenvalue weighted by atomic mass is 10.2. The molecule has 2 aromatic rings. The SMILES string of the molecule is Nc1ccc(SCc2cccc([N+](=O)[O-])c2F)c(F)c1. The largest absolute Gasteiger partial charge is 0.399 e. The third-order valence-corrected chi connectivity index (χ3v) is 3.69. The summed E-state index contributed by atoms with van der Waals surface area (Å²) >= 11 is 1.05. The van der Waals surface area contributed by atoms with Crippen LogP contribution in [0.2, 0.25) is 0 Å². The van der Waals surface area contributed by atoms with E-state index >= 15 is 0 Å². The summed E-state index contributed by atoms with van der Waals surface area (Å²) in [5, 5.41) is 10.6. The van der Waals surface area contributed by atoms with Crippen LogP contribution in [0.4, 0.5) is 20.2 Å². The van der Waals surface area contributed by atoms with Gasteiger partial charge in [-0.2, -0.15) is 4.39 Å². The van der Waals surface area contributed by atoms with Gasteiger partial charge in [-0.05, 0) is 18.2 Å². The molecule has 7 heteroatoms. The van der Waals surface area contributed by atoms with E-state index in [4.69, 9.17) is 5.73 Å². The Morgan fingerprint density at radius 2 is 2.00 bits per heavy atom. The van der Waals surface area contributed by atoms with Gasteiger partial charge in [-0.25, -0.2) is 4.39 Å². The van der Waals surface area contributed by atoms with Crippen molar-refractivity contribution >= 4 is 23.1 Å². The summed E-state index contributed by atoms with van der Waals surface area (Å²) in [6.45, 7) is 0. The van der Waals surface area contributed by atoms with Crippen molar-refractivity contribution in [2.75, 3.05) is 5.73 Å². The maximum absolute atomic E-state index is 13.8. The van der Waals surface area contributed by atoms with Crippen molar-refractivity contribution in [3.05, 3.63) is 63.7 Å². The van der Waals surface area contributed by atoms with Crippen LogP contribution in [0, 0.1) is 21.7 Å². The summed E-state index contributed by atoms with van der Waals surface area (Å²) in [5.41, 5.74) is 5.30. The van der Waals surface area contributed by atoms with Gasteiger partial charge in [0.05, 0.1) is 4.92 Å². The van der Waals surface area contributed by atoms with Crippen molar-refractivity contribution in [3.8, 4) is 0 Å². The van der Waals surface area contributed by atoms with E-state index in [1.54, 1.807) is 0 Å². The highest BCUT2D eigenvalue weighted by atomic mass is 32.2. The Morgan fingerprint density at radius 3 is 2.65 bits per heavy atom. The summed E-state index contributed by atoms with van der Waals surface area (Å²) < 4.78 is 27.4. The Hall–Kier alpha value is -2.15. The molecule has 0 fully saturated rings. The molecule has 0 aliphatic rings. The minimum Gasteiger partial charge on any atom is -0.399 e. The lowest BCUT2D eigenvalue weighted by molar-refractivity contribution is -0.387. The number of hydrogen-bond donors (Lipinski definition) is 1. The summed E-state index contributed by atoms with van der Waals surface area (Å²) in [4.78, 5) is 10.2. The van der Waals surface area contributed by atoms with E-state index in [0.717, 1.165) is 17.8 Å². The molecule has 2 N–H and O–H groups in total. The van der Waals surface area contributed by atoms with Gasteiger partial charge in [0, 0.05) is 28.0 Å². The highest BCUT2D eigenvalue weighted by Crippen LogP contribution is 2.29. The summed E-state index contributed by atoms with van der Waals surface area (Å²) in [6.07, 6.45) is 0. The third-order valence-electron chi connectivity index (χ3n) is 2.59. The number of nitro benzene ring substituents is 1. The maximum Gasteiger partial charge on any atom is 0.305 e. The lowest BCUT2D eigenvalue weighted by Gasteiger charge is -2.05. The van der Waals surface area contributed by atoms with Crippen LogP contribution >= 0.6 is 11.8 Å². The zero-order valence-corrected chi connectivity index (χ0v) is 11.0. The number of nitro groups is 1. The van der Waals surface area contributed by atoms with Crippen LogP contribution < -0.4 is 5.73 Å². The number of nitrogens with zero attached hydrogens (tertiary/aromatic N) is 1. The summed E-state index contributed by atoms with van der Waals surface area (Å²) in [7, 11) is 0. The molecule has 20 heavy (non-hydrogen) atoms. The Morgan fingerprint density at radius 1 is 1.25 bits per heavy atom. The predicted octanol–water partition coefficient (Wildman–Crippen LogP) is 3.75. The van der Waals surface area contributed by atoms with E-state index in [9.17, 15) is 18.9 Å². The third kappa shape index (κ3) is 3.05. The molecule has 4 nitrogen and oxygen atoms in total. The van der Waals surface area contributed by atoms with E-state index in [-0.39, 0.29) is 11.3 Å². The fraction of sp³-hybridized carbons (Fsp3) is 0.0769. The van der Waals surface area contributed by atoms with Gasteiger partial charge in [-0.1, -0.05) is 12.1 Å². The topological polar surface area (TPSA) is 69.2 Å². The van der Waals surface area contributed by atoms with Crippen LogP contribution in [0.25, 0.3) is 0 Å². The maximum atomic E-state index is 13.8. The normalized spacial score (nSPS) is 10.5. The average Bonchev–Trinajstić information content (AvgIpc) is 2.39. The van der Waals surface area contributed by atoms with E-state index in [1.165, 1.54) is 30.3 Å². The standard InChI is InChI=1S/C13H10F2N2O2S/c14-10-6-9(16)4-5-12(10)20-7-8-2-1-3-11(13(8)15)17(18)19/h1-6H,7,16H2. The minimum absolute atomic E-state index is 0.0916. The molecule has 2 aromatic carbocycles. The second-order valence-electron chi connectivity index (χ2n) is 3.99. The van der Waals surface area contributed by atoms with Gasteiger partial charge < -0.3 is 5.73 Å². The number of benzene rings is 2. The second-order valence-corrected chi connectivity index (χ2v) is 5.00. The monoisotopic (exact) mass is 296 g/mol. The van der Waals surface area contributed by atoms with E-state index in [0.29, 0.717) is 10.6 Å². The van der Waals surface area contributed by atoms with Gasteiger partial charge in [-0.15, -0.1) is 11.8 Å². The van der Waals surface area contributed by atoms with Crippen molar-refractivity contribution in [1.29, 1.82) is 0 Å². The van der Waals surface area contributed by atoms with Crippen LogP contribution in [-0.2, 0) is 5.75 Å². The molecule has 0 aliphatic carbocycles. The van der Waals surface area contributed by atoms with Crippen LogP contribution in [0.15, 0.2) is 41.3 Å². The molecule has 2 rings (SSSR count). The Bertz CT molecular complexity index is 665. The fourth-order valence-corrected chi connectivity index (χ4v) is 2.50. The molecule has 0 bridgehead atoms. The second kappa shape index (κ2) is 5.87. The van der Waals surface area contributed by atoms with Crippen LogP contribution in [0.3, 0.4) is 0 Å². The van der Waals surface area contributed by atoms with Crippen molar-refractivity contribution in [3.63, 3.8) is 0 Å². The number of nitrogens with two attached hydrogens (primary N) is 1. The number of nitrogen functional groups attached to an aromatic ring is 1. The van der Waals surface area contributed by atoms with Gasteiger partial charge in [0.2, 0.25) is 5.82 Å². The quantitative estimate of drug-likeness (QED) is 0.404. The molecule has 0 saturated carbocycles. The number of rotatable bonds is 4. The highest BCUT2D eigenvalue weighted by molar-refractivity contribution is 7.98. The van der Waals surface area contributed by atoms with E-state index in [2.05, 4.69) is 0 Å². The molecule has 0 saturated heterocycles. The molecule has 0 spiro atoms. The van der Waals surface area contributed by atoms with Gasteiger partial charge in [0.25, 0.3) is 0 Å². The Kier molecular flexibility index (Phi) is 4.19. The summed E-state index contributed by atoms with van der Waals surface area (Å²) in [5.74, 6) is -1.30. The Labute approximate surface area is 117 Å².